The largest absolute Gasteiger partial charge is 0.396 e. The van der Waals surface area contributed by atoms with Crippen LogP contribution < -0.4 is 5.48 Å². The van der Waals surface area contributed by atoms with Crippen LogP contribution in [0.15, 0.2) is 60.9 Å². The number of aromatic nitrogens is 3. The normalized spacial score (nSPS) is 11.3. The predicted molar refractivity (Wildman–Crippen MR) is 106 cm³/mol. The molecule has 3 aromatic rings. The highest BCUT2D eigenvalue weighted by Crippen LogP contribution is 2.18. The standard InChI is InChI=1S/C21H24N4O2/c1-16(24-27)8-9-18-14-19-21(22-15-18)25(12-5-13-26)20(23-19)11-10-17-6-3-2-4-7-17/h2-4,6-9,14-15,24,26-27H,1,5,10-13H2/b9-8+. The van der Waals surface area contributed by atoms with Crippen molar-refractivity contribution in [1.29, 1.82) is 0 Å². The van der Waals surface area contributed by atoms with Crippen LogP contribution in [0, 0.1) is 0 Å². The average Bonchev–Trinajstić information content (AvgIpc) is 3.06. The number of benzene rings is 1. The number of aryl methyl sites for hydroxylation is 3. The number of allylic oxidation sites excluding steroid dienone is 1. The number of pyridine rings is 1. The summed E-state index contributed by atoms with van der Waals surface area (Å²) in [6.07, 6.45) is 7.62. The highest BCUT2D eigenvalue weighted by Gasteiger charge is 2.12. The Morgan fingerprint density at radius 3 is 2.78 bits per heavy atom. The van der Waals surface area contributed by atoms with E-state index in [-0.39, 0.29) is 6.61 Å². The smallest absolute Gasteiger partial charge is 0.160 e. The van der Waals surface area contributed by atoms with E-state index in [2.05, 4.69) is 28.3 Å². The number of nitrogens with zero attached hydrogens (tertiary/aromatic N) is 3. The Labute approximate surface area is 158 Å². The lowest BCUT2D eigenvalue weighted by molar-refractivity contribution is 0.205. The summed E-state index contributed by atoms with van der Waals surface area (Å²) in [5.41, 5.74) is 6.18. The minimum Gasteiger partial charge on any atom is -0.396 e. The highest BCUT2D eigenvalue weighted by atomic mass is 16.5. The molecule has 0 spiro atoms. The van der Waals surface area contributed by atoms with E-state index in [9.17, 15) is 5.11 Å². The second-order valence-corrected chi connectivity index (χ2v) is 6.32. The van der Waals surface area contributed by atoms with Crippen molar-refractivity contribution >= 4 is 17.2 Å². The van der Waals surface area contributed by atoms with Crippen molar-refractivity contribution in [2.75, 3.05) is 6.61 Å². The van der Waals surface area contributed by atoms with Crippen molar-refractivity contribution in [3.63, 3.8) is 0 Å². The average molecular weight is 364 g/mol. The van der Waals surface area contributed by atoms with Crippen molar-refractivity contribution < 1.29 is 10.3 Å². The maximum Gasteiger partial charge on any atom is 0.160 e. The number of fused-ring (bicyclic) bond motifs is 1. The SMILES string of the molecule is C=C(/C=C/c1cnc2c(c1)nc(CCc1ccccc1)n2CCCO)NO. The van der Waals surface area contributed by atoms with Crippen LogP contribution >= 0.6 is 0 Å². The van der Waals surface area contributed by atoms with E-state index >= 15 is 0 Å². The molecular weight excluding hydrogens is 340 g/mol. The lowest BCUT2D eigenvalue weighted by Crippen LogP contribution is -2.07. The van der Waals surface area contributed by atoms with Gasteiger partial charge in [-0.15, -0.1) is 0 Å². The Kier molecular flexibility index (Phi) is 6.35. The zero-order chi connectivity index (χ0) is 19.1. The van der Waals surface area contributed by atoms with Gasteiger partial charge in [0.2, 0.25) is 0 Å². The third kappa shape index (κ3) is 4.81. The molecule has 1 aromatic carbocycles. The first-order chi connectivity index (χ1) is 13.2. The van der Waals surface area contributed by atoms with Crippen LogP contribution in [-0.2, 0) is 19.4 Å². The zero-order valence-electron chi connectivity index (χ0n) is 15.2. The van der Waals surface area contributed by atoms with Crippen LogP contribution in [-0.4, -0.2) is 31.5 Å². The molecule has 0 amide bonds. The number of hydroxylamine groups is 1. The van der Waals surface area contributed by atoms with Gasteiger partial charge in [0.25, 0.3) is 0 Å². The summed E-state index contributed by atoms with van der Waals surface area (Å²) in [6, 6.07) is 12.3. The van der Waals surface area contributed by atoms with Gasteiger partial charge in [-0.3, -0.25) is 10.7 Å². The molecule has 0 aliphatic carbocycles. The Bertz CT molecular complexity index is 932. The van der Waals surface area contributed by atoms with E-state index in [1.54, 1.807) is 12.3 Å². The number of hydrogen-bond donors (Lipinski definition) is 3. The molecular formula is C21H24N4O2. The van der Waals surface area contributed by atoms with Gasteiger partial charge >= 0.3 is 0 Å². The number of rotatable bonds is 9. The molecule has 0 radical (unpaired) electrons. The van der Waals surface area contributed by atoms with Gasteiger partial charge in [-0.1, -0.05) is 43.0 Å². The Hall–Kier alpha value is -2.96. The summed E-state index contributed by atoms with van der Waals surface area (Å²) in [4.78, 5) is 9.35. The van der Waals surface area contributed by atoms with Crippen molar-refractivity contribution in [1.82, 2.24) is 20.0 Å². The van der Waals surface area contributed by atoms with E-state index in [1.165, 1.54) is 5.56 Å². The topological polar surface area (TPSA) is 83.2 Å². The summed E-state index contributed by atoms with van der Waals surface area (Å²) in [5.74, 6) is 0.970. The lowest BCUT2D eigenvalue weighted by atomic mass is 10.1. The van der Waals surface area contributed by atoms with Gasteiger partial charge < -0.3 is 9.67 Å². The van der Waals surface area contributed by atoms with E-state index in [1.807, 2.05) is 35.8 Å². The van der Waals surface area contributed by atoms with E-state index < -0.39 is 0 Å². The minimum atomic E-state index is 0.134. The van der Waals surface area contributed by atoms with Crippen molar-refractivity contribution in [2.24, 2.45) is 0 Å². The summed E-state index contributed by atoms with van der Waals surface area (Å²) in [6.45, 7) is 4.46. The van der Waals surface area contributed by atoms with Gasteiger partial charge in [-0.2, -0.15) is 0 Å². The summed E-state index contributed by atoms with van der Waals surface area (Å²) < 4.78 is 2.09. The van der Waals surface area contributed by atoms with Crippen molar-refractivity contribution in [2.45, 2.75) is 25.8 Å². The molecule has 2 heterocycles. The molecule has 6 heteroatoms. The molecule has 27 heavy (non-hydrogen) atoms. The third-order valence-corrected chi connectivity index (χ3v) is 4.33. The number of imidazole rings is 1. The van der Waals surface area contributed by atoms with Crippen LogP contribution in [0.1, 0.15) is 23.4 Å². The van der Waals surface area contributed by atoms with E-state index in [0.29, 0.717) is 18.7 Å². The number of hydrogen-bond acceptors (Lipinski definition) is 5. The lowest BCUT2D eigenvalue weighted by Gasteiger charge is -2.08. The van der Waals surface area contributed by atoms with Gasteiger partial charge in [-0.25, -0.2) is 9.97 Å². The summed E-state index contributed by atoms with van der Waals surface area (Å²) >= 11 is 0. The predicted octanol–water partition coefficient (Wildman–Crippen LogP) is 3.10. The molecule has 0 bridgehead atoms. The van der Waals surface area contributed by atoms with Gasteiger partial charge in [-0.05, 0) is 36.1 Å². The van der Waals surface area contributed by atoms with Gasteiger partial charge in [0.15, 0.2) is 5.65 Å². The Balaban J connectivity index is 1.88. The molecule has 6 nitrogen and oxygen atoms in total. The highest BCUT2D eigenvalue weighted by molar-refractivity contribution is 5.75. The van der Waals surface area contributed by atoms with E-state index in [0.717, 1.165) is 35.4 Å². The van der Waals surface area contributed by atoms with Gasteiger partial charge in [0, 0.05) is 25.8 Å². The van der Waals surface area contributed by atoms with Crippen LogP contribution in [0.5, 0.6) is 0 Å². The molecule has 0 atom stereocenters. The first kappa shape index (κ1) is 18.8. The van der Waals surface area contributed by atoms with Crippen molar-refractivity contribution in [3.8, 4) is 0 Å². The summed E-state index contributed by atoms with van der Waals surface area (Å²) in [7, 11) is 0. The number of aliphatic hydroxyl groups is 1. The maximum absolute atomic E-state index is 9.23. The fraction of sp³-hybridized carbons (Fsp3) is 0.238. The Morgan fingerprint density at radius 1 is 1.22 bits per heavy atom. The molecule has 3 rings (SSSR count). The first-order valence-electron chi connectivity index (χ1n) is 8.98. The molecule has 140 valence electrons. The molecule has 0 aliphatic rings. The second kappa shape index (κ2) is 9.12. The molecule has 0 saturated heterocycles. The molecule has 2 aromatic heterocycles. The monoisotopic (exact) mass is 364 g/mol. The molecule has 0 aliphatic heterocycles. The van der Waals surface area contributed by atoms with Crippen LogP contribution in [0.25, 0.3) is 17.2 Å². The van der Waals surface area contributed by atoms with E-state index in [4.69, 9.17) is 10.2 Å². The molecule has 0 saturated carbocycles. The number of nitrogens with one attached hydrogen (secondary N) is 1. The molecule has 0 unspecified atom stereocenters. The van der Waals surface area contributed by atoms with Crippen LogP contribution in [0.4, 0.5) is 0 Å². The zero-order valence-corrected chi connectivity index (χ0v) is 15.2. The third-order valence-electron chi connectivity index (χ3n) is 4.33. The second-order valence-electron chi connectivity index (χ2n) is 6.32. The number of aliphatic hydroxyl groups excluding tert-OH is 1. The van der Waals surface area contributed by atoms with Gasteiger partial charge in [0.05, 0.1) is 5.70 Å². The first-order valence-corrected chi connectivity index (χ1v) is 8.98. The maximum atomic E-state index is 9.23. The molecule has 3 N–H and O–H groups in total. The summed E-state index contributed by atoms with van der Waals surface area (Å²) in [5, 5.41) is 18.0. The molecule has 0 fully saturated rings. The van der Waals surface area contributed by atoms with Crippen LogP contribution in [0.2, 0.25) is 0 Å². The van der Waals surface area contributed by atoms with Crippen molar-refractivity contribution in [3.05, 3.63) is 77.9 Å². The van der Waals surface area contributed by atoms with Crippen LogP contribution in [0.3, 0.4) is 0 Å². The fourth-order valence-electron chi connectivity index (χ4n) is 2.95. The Morgan fingerprint density at radius 2 is 2.04 bits per heavy atom. The van der Waals surface area contributed by atoms with Gasteiger partial charge in [0.1, 0.15) is 11.3 Å². The quantitative estimate of drug-likeness (QED) is 0.401. The fourth-order valence-corrected chi connectivity index (χ4v) is 2.95. The minimum absolute atomic E-state index is 0.134.